The summed E-state index contributed by atoms with van der Waals surface area (Å²) in [4.78, 5) is 119. The number of hydrogen-bond acceptors (Lipinski definition) is 18. The number of aldehydes is 1. The molecule has 0 saturated heterocycles. The Hall–Kier alpha value is -12.2. The van der Waals surface area contributed by atoms with Crippen LogP contribution in [0.25, 0.3) is 4.85 Å². The van der Waals surface area contributed by atoms with Crippen LogP contribution in [-0.4, -0.2) is 164 Å². The van der Waals surface area contributed by atoms with Gasteiger partial charge in [0.05, 0.1) is 19.6 Å². The fourth-order valence-corrected chi connectivity index (χ4v) is 15.3. The number of aryl methyl sites for hydroxylation is 4. The summed E-state index contributed by atoms with van der Waals surface area (Å²) in [6, 6.07) is 56.8. The maximum atomic E-state index is 13.5. The average molecular weight is 1810 g/mol. The molecule has 682 valence electrons. The lowest BCUT2D eigenvalue weighted by molar-refractivity contribution is -0.134. The summed E-state index contributed by atoms with van der Waals surface area (Å²) in [5.74, 6) is -4.54. The van der Waals surface area contributed by atoms with Gasteiger partial charge in [-0.05, 0) is 227 Å². The van der Waals surface area contributed by atoms with E-state index in [1.165, 1.54) is 124 Å². The number of primary amides is 1. The molecule has 8 amide bonds. The van der Waals surface area contributed by atoms with Crippen molar-refractivity contribution in [3.8, 4) is 0 Å². The Balaban J connectivity index is 0.000000540. The van der Waals surface area contributed by atoms with Gasteiger partial charge in [-0.2, -0.15) is 9.44 Å². The highest BCUT2D eigenvalue weighted by Crippen LogP contribution is 2.25. The molecule has 0 radical (unpaired) electrons. The van der Waals surface area contributed by atoms with Crippen LogP contribution in [-0.2, 0) is 94.5 Å². The quantitative estimate of drug-likeness (QED) is 0.0153. The number of aliphatic carboxylic acids is 1. The molecule has 0 heterocycles. The summed E-state index contributed by atoms with van der Waals surface area (Å²) in [6.45, 7) is 30.7. The minimum Gasteiger partial charge on any atom is -0.481 e. The van der Waals surface area contributed by atoms with E-state index in [-0.39, 0.29) is 66.3 Å². The molecule has 3 atom stereocenters. The lowest BCUT2D eigenvalue weighted by atomic mass is 10.0. The van der Waals surface area contributed by atoms with Crippen molar-refractivity contribution in [3.63, 3.8) is 0 Å². The van der Waals surface area contributed by atoms with Crippen LogP contribution < -0.4 is 52.2 Å². The molecule has 0 bridgehead atoms. The highest BCUT2D eigenvalue weighted by Gasteiger charge is 2.39. The predicted octanol–water partition coefficient (Wildman–Crippen LogP) is 10.0. The van der Waals surface area contributed by atoms with Crippen molar-refractivity contribution >= 4 is 99.6 Å². The second kappa shape index (κ2) is 51.9. The summed E-state index contributed by atoms with van der Waals surface area (Å²) >= 11 is 0. The van der Waals surface area contributed by atoms with Gasteiger partial charge < -0.3 is 52.4 Å². The first-order chi connectivity index (χ1) is 58.5. The predicted molar refractivity (Wildman–Crippen MR) is 486 cm³/mol. The summed E-state index contributed by atoms with van der Waals surface area (Å²) in [6.07, 6.45) is 4.64. The minimum atomic E-state index is -4.36. The van der Waals surface area contributed by atoms with Gasteiger partial charge in [0, 0.05) is 101 Å². The maximum Gasteiger partial charge on any atom is 0.300 e. The molecule has 31 nitrogen and oxygen atoms in total. The minimum absolute atomic E-state index is 0.00912. The Kier molecular flexibility index (Phi) is 45.3. The highest BCUT2D eigenvalue weighted by atomic mass is 32.2. The van der Waals surface area contributed by atoms with Crippen molar-refractivity contribution in [1.29, 1.82) is 0 Å². The van der Waals surface area contributed by atoms with E-state index in [2.05, 4.69) is 46.2 Å². The Labute approximate surface area is 741 Å². The Morgan fingerprint density at radius 2 is 0.675 bits per heavy atom. The molecule has 0 aliphatic rings. The van der Waals surface area contributed by atoms with E-state index in [4.69, 9.17) is 27.3 Å². The molecule has 13 N–H and O–H groups in total. The number of sulfonamides is 4. The summed E-state index contributed by atoms with van der Waals surface area (Å²) < 4.78 is 106. The molecular formula is C91H120N12O19S4. The van der Waals surface area contributed by atoms with Gasteiger partial charge in [0.25, 0.3) is 33.7 Å². The van der Waals surface area contributed by atoms with E-state index < -0.39 is 104 Å². The third kappa shape index (κ3) is 43.0. The van der Waals surface area contributed by atoms with Gasteiger partial charge in [-0.15, -0.1) is 0 Å². The summed E-state index contributed by atoms with van der Waals surface area (Å²) in [5.41, 5.74) is 8.79. The van der Waals surface area contributed by atoms with E-state index in [0.717, 1.165) is 43.2 Å². The number of carboxylic acid groups (broad SMARTS) is 1. The van der Waals surface area contributed by atoms with Crippen molar-refractivity contribution in [1.82, 2.24) is 45.7 Å². The standard InChI is InChI=1S/C24H31N3O5S.C22H29N3O4S.C21H27N3O4S.C9H10O.C8H10N2O3S.C5H9N.C2H4O2/c1-17(28)27(33(31,32)20-14-12-19(13-15-20)22(29)25-5)21(23(30)26-24(2,3)4)16-11-18-9-7-6-8-10-18;1-22(2,3)24-21(27)19(15-10-16-8-6-5-7-9-16)25-30(28,29)18-13-11-17(12-14-18)20(26)23-4;1-21(2,3)23-20(26)18(14-9-15-7-5-4-6-8-15)24-29(27,28)17-12-10-16(11-13-17)19(22)25;10-8-4-7-9-5-2-1-3-6-9;1-10-8(11)6-2-4-7(5-3-6)14(9,12)13;1-5(2,3)6-4;1-2(3)4/h6-10,12-15,21H,11,16H2,1-5H3,(H,25,29)(H,26,30);5-9,11-14,19,25H,10,15H2,1-4H3,(H,23,26)(H,24,27);4-8,10-13,18,24H,9,14H2,1-3H3,(H2,22,25)(H,23,26);1-3,5-6,8H,4,7H2;2-5H,1H3,(H,10,11)(H2,9,12,13);1-3H3;1H3,(H,3,4). The van der Waals surface area contributed by atoms with Crippen molar-refractivity contribution < 1.29 is 86.7 Å². The Morgan fingerprint density at radius 1 is 0.413 bits per heavy atom. The fraction of sp³-hybridized carbons (Fsp3) is 0.352. The van der Waals surface area contributed by atoms with Gasteiger partial charge in [0.15, 0.2) is 0 Å². The second-order valence-electron chi connectivity index (χ2n) is 32.2. The van der Waals surface area contributed by atoms with Crippen LogP contribution in [0, 0.1) is 6.57 Å². The van der Waals surface area contributed by atoms with Gasteiger partial charge in [-0.25, -0.2) is 49.7 Å². The number of rotatable bonds is 29. The fourth-order valence-electron chi connectivity index (χ4n) is 10.7. The van der Waals surface area contributed by atoms with Crippen LogP contribution in [0.15, 0.2) is 238 Å². The van der Waals surface area contributed by atoms with Crippen molar-refractivity contribution in [2.75, 3.05) is 21.1 Å². The van der Waals surface area contributed by atoms with E-state index in [0.29, 0.717) is 54.0 Å². The highest BCUT2D eigenvalue weighted by molar-refractivity contribution is 7.90. The average Bonchev–Trinajstić information content (AvgIpc) is 0.778. The van der Waals surface area contributed by atoms with Crippen LogP contribution in [0.1, 0.15) is 186 Å². The summed E-state index contributed by atoms with van der Waals surface area (Å²) in [5, 5.41) is 28.1. The number of primary sulfonamides is 1. The topological polar surface area (TPSA) is 483 Å². The molecule has 0 saturated carbocycles. The zero-order valence-corrected chi connectivity index (χ0v) is 77.5. The van der Waals surface area contributed by atoms with Crippen LogP contribution in [0.5, 0.6) is 0 Å². The third-order valence-electron chi connectivity index (χ3n) is 16.7. The maximum absolute atomic E-state index is 13.5. The molecule has 0 spiro atoms. The largest absolute Gasteiger partial charge is 0.481 e. The third-order valence-corrected chi connectivity index (χ3v) is 22.5. The Morgan fingerprint density at radius 3 is 0.929 bits per heavy atom. The molecule has 126 heavy (non-hydrogen) atoms. The number of carbonyl (C=O) groups excluding carboxylic acids is 9. The number of hydrogen-bond donors (Lipinski definition) is 11. The first kappa shape index (κ1) is 110. The Bertz CT molecular complexity index is 5370. The molecule has 3 unspecified atom stereocenters. The molecule has 8 rings (SSSR count). The molecule has 0 aromatic heterocycles. The monoisotopic (exact) mass is 1810 g/mol. The van der Waals surface area contributed by atoms with E-state index in [1.54, 1.807) is 20.8 Å². The number of nitrogens with one attached hydrogen (secondary N) is 8. The number of nitrogens with two attached hydrogens (primary N) is 2. The second-order valence-corrected chi connectivity index (χ2v) is 39.0. The zero-order chi connectivity index (χ0) is 95.6. The number of carboxylic acids is 1. The van der Waals surface area contributed by atoms with Crippen molar-refractivity contribution in [2.24, 2.45) is 10.9 Å². The van der Waals surface area contributed by atoms with E-state index >= 15 is 0 Å². The van der Waals surface area contributed by atoms with Gasteiger partial charge >= 0.3 is 0 Å². The lowest BCUT2D eigenvalue weighted by Gasteiger charge is -2.32. The first-order valence-electron chi connectivity index (χ1n) is 39.7. The molecule has 0 aliphatic carbocycles. The van der Waals surface area contributed by atoms with Crippen molar-refractivity contribution in [2.45, 2.75) is 208 Å². The smallest absolute Gasteiger partial charge is 0.300 e. The molecule has 8 aromatic carbocycles. The molecule has 8 aromatic rings. The van der Waals surface area contributed by atoms with Crippen LogP contribution in [0.4, 0.5) is 0 Å². The number of benzene rings is 8. The van der Waals surface area contributed by atoms with Crippen LogP contribution in [0.3, 0.4) is 0 Å². The number of carbonyl (C=O) groups is 10. The molecule has 0 fully saturated rings. The molecule has 35 heteroatoms. The molecule has 0 aliphatic heterocycles. The van der Waals surface area contributed by atoms with E-state index in [9.17, 15) is 76.8 Å². The van der Waals surface area contributed by atoms with Gasteiger partial charge in [-0.1, -0.05) is 121 Å². The lowest BCUT2D eigenvalue weighted by Crippen LogP contribution is -2.55. The van der Waals surface area contributed by atoms with Gasteiger partial charge in [0.2, 0.25) is 65.1 Å². The van der Waals surface area contributed by atoms with Crippen LogP contribution >= 0.6 is 0 Å². The normalized spacial score (nSPS) is 11.9. The first-order valence-corrected chi connectivity index (χ1v) is 45.6. The molecular weight excluding hydrogens is 1690 g/mol. The van der Waals surface area contributed by atoms with Gasteiger partial charge in [-0.3, -0.25) is 43.2 Å². The zero-order valence-electron chi connectivity index (χ0n) is 74.2. The summed E-state index contributed by atoms with van der Waals surface area (Å²) in [7, 11) is -11.5. The number of nitrogens with zero attached hydrogens (tertiary/aromatic N) is 2. The van der Waals surface area contributed by atoms with Crippen LogP contribution in [0.2, 0.25) is 0 Å². The van der Waals surface area contributed by atoms with E-state index in [1.807, 2.05) is 184 Å². The SMILES string of the molecule is CC(=O)O.CC(C)(C)NC(=O)C(CCc1ccccc1)NS(=O)(=O)c1ccc(C(N)=O)cc1.CNC(=O)c1ccc(S(=O)(=O)N(C(C)=O)C(CCc2ccccc2)C(=O)NC(C)(C)C)cc1.CNC(=O)c1ccc(S(=O)(=O)NC(CCc2ccccc2)C(=O)NC(C)(C)C)cc1.CNC(=O)c1ccc(S(N)(=O)=O)cc1.O=CCCc1ccccc1.[C-]#[N+]C(C)(C)C. The van der Waals surface area contributed by atoms with Crippen molar-refractivity contribution in [3.05, 3.63) is 274 Å². The van der Waals surface area contributed by atoms with Gasteiger partial charge in [0.1, 0.15) is 24.4 Å². The number of amides is 8.